The second kappa shape index (κ2) is 8.71. The Morgan fingerprint density at radius 1 is 1.26 bits per heavy atom. The van der Waals surface area contributed by atoms with Crippen LogP contribution in [0.5, 0.6) is 0 Å². The molecular formula is C18H24N4O3S2. The maximum absolute atomic E-state index is 12.2. The molecule has 1 fully saturated rings. The Balaban J connectivity index is 1.49. The van der Waals surface area contributed by atoms with Crippen LogP contribution in [0.1, 0.15) is 24.1 Å². The van der Waals surface area contributed by atoms with Crippen molar-refractivity contribution >= 4 is 38.1 Å². The van der Waals surface area contributed by atoms with Crippen molar-refractivity contribution in [2.45, 2.75) is 25.7 Å². The maximum Gasteiger partial charge on any atom is 0.229 e. The summed E-state index contributed by atoms with van der Waals surface area (Å²) in [5, 5.41) is 5.99. The normalized spacial score (nSPS) is 14.3. The van der Waals surface area contributed by atoms with Gasteiger partial charge in [0.25, 0.3) is 0 Å². The van der Waals surface area contributed by atoms with Gasteiger partial charge in [0, 0.05) is 31.4 Å². The fourth-order valence-corrected chi connectivity index (χ4v) is 4.52. The number of sulfonamides is 1. The molecule has 0 bridgehead atoms. The number of aromatic nitrogens is 1. The van der Waals surface area contributed by atoms with Crippen molar-refractivity contribution in [3.8, 4) is 0 Å². The van der Waals surface area contributed by atoms with Crippen molar-refractivity contribution in [1.29, 1.82) is 0 Å². The average molecular weight is 409 g/mol. The molecule has 0 spiro atoms. The largest absolute Gasteiger partial charge is 0.355 e. The summed E-state index contributed by atoms with van der Waals surface area (Å²) in [4.78, 5) is 19.2. The Hall–Kier alpha value is -2.13. The van der Waals surface area contributed by atoms with Crippen LogP contribution in [0.3, 0.4) is 0 Å². The van der Waals surface area contributed by atoms with E-state index < -0.39 is 10.0 Å². The lowest BCUT2D eigenvalue weighted by Crippen LogP contribution is -2.27. The standard InChI is InChI=1S/C18H24N4O3S2/c1-27(24,25)21-16-7-3-2-6-14(16)12-17(23)19-9-8-15-13-26-18(20-15)22-10-4-5-11-22/h2-3,6-7,13,21H,4-5,8-12H2,1H3,(H,19,23). The van der Waals surface area contributed by atoms with Gasteiger partial charge in [0.2, 0.25) is 15.9 Å². The van der Waals surface area contributed by atoms with Gasteiger partial charge < -0.3 is 10.2 Å². The van der Waals surface area contributed by atoms with E-state index in [1.165, 1.54) is 12.8 Å². The van der Waals surface area contributed by atoms with Gasteiger partial charge >= 0.3 is 0 Å². The topological polar surface area (TPSA) is 91.4 Å². The molecule has 3 rings (SSSR count). The van der Waals surface area contributed by atoms with Crippen molar-refractivity contribution in [2.24, 2.45) is 0 Å². The minimum Gasteiger partial charge on any atom is -0.355 e. The zero-order chi connectivity index (χ0) is 19.3. The van der Waals surface area contributed by atoms with Gasteiger partial charge in [-0.3, -0.25) is 9.52 Å². The molecule has 1 aliphatic heterocycles. The van der Waals surface area contributed by atoms with E-state index in [1.54, 1.807) is 35.6 Å². The van der Waals surface area contributed by atoms with Crippen LogP contribution >= 0.6 is 11.3 Å². The van der Waals surface area contributed by atoms with E-state index in [0.717, 1.165) is 30.2 Å². The van der Waals surface area contributed by atoms with Gasteiger partial charge in [0.05, 0.1) is 24.1 Å². The highest BCUT2D eigenvalue weighted by Crippen LogP contribution is 2.24. The van der Waals surface area contributed by atoms with Crippen molar-refractivity contribution in [3.63, 3.8) is 0 Å². The number of nitrogens with one attached hydrogen (secondary N) is 2. The lowest BCUT2D eigenvalue weighted by Gasteiger charge is -2.12. The fourth-order valence-electron chi connectivity index (χ4n) is 3.00. The quantitative estimate of drug-likeness (QED) is 0.697. The first-order valence-corrected chi connectivity index (χ1v) is 11.7. The van der Waals surface area contributed by atoms with Gasteiger partial charge in [-0.25, -0.2) is 13.4 Å². The van der Waals surface area contributed by atoms with E-state index in [2.05, 4.69) is 19.9 Å². The molecular weight excluding hydrogens is 384 g/mol. The molecule has 1 saturated heterocycles. The zero-order valence-corrected chi connectivity index (χ0v) is 16.9. The lowest BCUT2D eigenvalue weighted by atomic mass is 10.1. The van der Waals surface area contributed by atoms with Gasteiger partial charge in [-0.15, -0.1) is 11.3 Å². The molecule has 1 aromatic carbocycles. The van der Waals surface area contributed by atoms with E-state index in [9.17, 15) is 13.2 Å². The predicted octanol–water partition coefficient (Wildman–Crippen LogP) is 2.02. The monoisotopic (exact) mass is 408 g/mol. The van der Waals surface area contributed by atoms with Crippen LogP contribution in [0.15, 0.2) is 29.6 Å². The Kier molecular flexibility index (Phi) is 6.33. The zero-order valence-electron chi connectivity index (χ0n) is 15.3. The van der Waals surface area contributed by atoms with Crippen LogP contribution in [0, 0.1) is 0 Å². The molecule has 0 radical (unpaired) electrons. The molecule has 2 N–H and O–H groups in total. The summed E-state index contributed by atoms with van der Waals surface area (Å²) >= 11 is 1.65. The van der Waals surface area contributed by atoms with Crippen molar-refractivity contribution in [1.82, 2.24) is 10.3 Å². The highest BCUT2D eigenvalue weighted by molar-refractivity contribution is 7.92. The first kappa shape index (κ1) is 19.6. The SMILES string of the molecule is CS(=O)(=O)Nc1ccccc1CC(=O)NCCc1csc(N2CCCC2)n1. The molecule has 1 aromatic heterocycles. The van der Waals surface area contributed by atoms with Gasteiger partial charge in [-0.05, 0) is 24.5 Å². The molecule has 2 aromatic rings. The van der Waals surface area contributed by atoms with E-state index in [-0.39, 0.29) is 12.3 Å². The molecule has 0 unspecified atom stereocenters. The summed E-state index contributed by atoms with van der Waals surface area (Å²) in [7, 11) is -3.39. The molecule has 7 nitrogen and oxygen atoms in total. The first-order chi connectivity index (χ1) is 12.9. The minimum atomic E-state index is -3.39. The number of nitrogens with zero attached hydrogens (tertiary/aromatic N) is 2. The number of benzene rings is 1. The number of hydrogen-bond acceptors (Lipinski definition) is 6. The van der Waals surface area contributed by atoms with Crippen LogP contribution in [0.25, 0.3) is 0 Å². The summed E-state index contributed by atoms with van der Waals surface area (Å²) in [5.41, 5.74) is 2.07. The van der Waals surface area contributed by atoms with Crippen LogP contribution in [-0.4, -0.2) is 45.2 Å². The third-order valence-corrected chi connectivity index (χ3v) is 5.82. The number of anilines is 2. The molecule has 1 amide bonds. The van der Waals surface area contributed by atoms with Crippen LogP contribution in [0.2, 0.25) is 0 Å². The molecule has 146 valence electrons. The number of carbonyl (C=O) groups is 1. The predicted molar refractivity (Wildman–Crippen MR) is 109 cm³/mol. The van der Waals surface area contributed by atoms with Crippen LogP contribution in [0.4, 0.5) is 10.8 Å². The van der Waals surface area contributed by atoms with Crippen molar-refractivity contribution < 1.29 is 13.2 Å². The first-order valence-electron chi connectivity index (χ1n) is 8.92. The van der Waals surface area contributed by atoms with Gasteiger partial charge in [0.1, 0.15) is 0 Å². The second-order valence-electron chi connectivity index (χ2n) is 6.62. The number of hydrogen-bond donors (Lipinski definition) is 2. The highest BCUT2D eigenvalue weighted by Gasteiger charge is 2.15. The van der Waals surface area contributed by atoms with Crippen molar-refractivity contribution in [2.75, 3.05) is 35.5 Å². The Morgan fingerprint density at radius 2 is 2.00 bits per heavy atom. The average Bonchev–Trinajstić information content (AvgIpc) is 3.26. The lowest BCUT2D eigenvalue weighted by molar-refractivity contribution is -0.120. The Labute approximate surface area is 163 Å². The summed E-state index contributed by atoms with van der Waals surface area (Å²) in [5.74, 6) is -0.146. The van der Waals surface area contributed by atoms with Crippen LogP contribution in [-0.2, 0) is 27.7 Å². The number of thiazole rings is 1. The highest BCUT2D eigenvalue weighted by atomic mass is 32.2. The third-order valence-electron chi connectivity index (χ3n) is 4.28. The number of para-hydroxylation sites is 1. The molecule has 0 atom stereocenters. The smallest absolute Gasteiger partial charge is 0.229 e. The summed E-state index contributed by atoms with van der Waals surface area (Å²) in [6.07, 6.45) is 4.34. The number of amides is 1. The Morgan fingerprint density at radius 3 is 2.74 bits per heavy atom. The van der Waals surface area contributed by atoms with E-state index in [4.69, 9.17) is 0 Å². The van der Waals surface area contributed by atoms with E-state index in [0.29, 0.717) is 24.2 Å². The Bertz CT molecular complexity index is 890. The summed E-state index contributed by atoms with van der Waals surface area (Å²) in [6, 6.07) is 6.91. The minimum absolute atomic E-state index is 0.120. The summed E-state index contributed by atoms with van der Waals surface area (Å²) in [6.45, 7) is 2.65. The van der Waals surface area contributed by atoms with Crippen molar-refractivity contribution in [3.05, 3.63) is 40.9 Å². The molecule has 0 saturated carbocycles. The molecule has 2 heterocycles. The second-order valence-corrected chi connectivity index (χ2v) is 9.21. The summed E-state index contributed by atoms with van der Waals surface area (Å²) < 4.78 is 25.3. The molecule has 1 aliphatic rings. The van der Waals surface area contributed by atoms with Crippen LogP contribution < -0.4 is 14.9 Å². The molecule has 0 aliphatic carbocycles. The van der Waals surface area contributed by atoms with Gasteiger partial charge in [0.15, 0.2) is 5.13 Å². The van der Waals surface area contributed by atoms with Gasteiger partial charge in [-0.1, -0.05) is 18.2 Å². The van der Waals surface area contributed by atoms with E-state index in [1.807, 2.05) is 5.38 Å². The fraction of sp³-hybridized carbons (Fsp3) is 0.444. The maximum atomic E-state index is 12.2. The van der Waals surface area contributed by atoms with Gasteiger partial charge in [-0.2, -0.15) is 0 Å². The van der Waals surface area contributed by atoms with E-state index >= 15 is 0 Å². The number of carbonyl (C=O) groups excluding carboxylic acids is 1. The molecule has 27 heavy (non-hydrogen) atoms. The third kappa shape index (κ3) is 5.93. The molecule has 9 heteroatoms. The number of rotatable bonds is 8.